The zero-order chi connectivity index (χ0) is 12.8. The standard InChI is InChI=1S/C14H19N3O/c1-18-13-10-14(16-9-5-4-8-15)17-12-7-3-2-6-11(12)13/h2-3,6-7,10H,4-5,8-9,15H2,1H3,(H,16,17). The van der Waals surface area contributed by atoms with E-state index in [1.807, 2.05) is 30.3 Å². The second-order valence-corrected chi connectivity index (χ2v) is 4.15. The Morgan fingerprint density at radius 1 is 1.28 bits per heavy atom. The van der Waals surface area contributed by atoms with Crippen molar-refractivity contribution in [3.05, 3.63) is 30.3 Å². The van der Waals surface area contributed by atoms with Crippen molar-refractivity contribution in [2.45, 2.75) is 12.8 Å². The van der Waals surface area contributed by atoms with Crippen LogP contribution in [0.15, 0.2) is 30.3 Å². The highest BCUT2D eigenvalue weighted by Crippen LogP contribution is 2.26. The summed E-state index contributed by atoms with van der Waals surface area (Å²) in [4.78, 5) is 4.56. The van der Waals surface area contributed by atoms with Crippen molar-refractivity contribution in [3.63, 3.8) is 0 Å². The van der Waals surface area contributed by atoms with Gasteiger partial charge in [0, 0.05) is 18.0 Å². The number of unbranched alkanes of at least 4 members (excludes halogenated alkanes) is 1. The molecule has 4 heteroatoms. The van der Waals surface area contributed by atoms with Gasteiger partial charge in [-0.25, -0.2) is 4.98 Å². The van der Waals surface area contributed by atoms with E-state index in [4.69, 9.17) is 10.5 Å². The lowest BCUT2D eigenvalue weighted by Gasteiger charge is -2.10. The summed E-state index contributed by atoms with van der Waals surface area (Å²) in [6.45, 7) is 1.61. The summed E-state index contributed by atoms with van der Waals surface area (Å²) in [5, 5.41) is 4.33. The van der Waals surface area contributed by atoms with Crippen LogP contribution in [-0.2, 0) is 0 Å². The maximum Gasteiger partial charge on any atom is 0.131 e. The monoisotopic (exact) mass is 245 g/mol. The van der Waals surface area contributed by atoms with Crippen LogP contribution in [0.3, 0.4) is 0 Å². The highest BCUT2D eigenvalue weighted by atomic mass is 16.5. The zero-order valence-electron chi connectivity index (χ0n) is 10.6. The quantitative estimate of drug-likeness (QED) is 0.767. The summed E-state index contributed by atoms with van der Waals surface area (Å²) in [5.41, 5.74) is 6.41. The fourth-order valence-corrected chi connectivity index (χ4v) is 1.89. The number of methoxy groups -OCH3 is 1. The number of hydrogen-bond acceptors (Lipinski definition) is 4. The maximum atomic E-state index is 5.46. The third-order valence-corrected chi connectivity index (χ3v) is 2.84. The summed E-state index contributed by atoms with van der Waals surface area (Å²) in [6.07, 6.45) is 2.07. The van der Waals surface area contributed by atoms with Crippen LogP contribution in [0, 0.1) is 0 Å². The average molecular weight is 245 g/mol. The summed E-state index contributed by atoms with van der Waals surface area (Å²) in [6, 6.07) is 9.90. The van der Waals surface area contributed by atoms with Crippen molar-refractivity contribution in [1.29, 1.82) is 0 Å². The number of aromatic nitrogens is 1. The van der Waals surface area contributed by atoms with Crippen LogP contribution < -0.4 is 15.8 Å². The maximum absolute atomic E-state index is 5.46. The molecule has 96 valence electrons. The fourth-order valence-electron chi connectivity index (χ4n) is 1.89. The topological polar surface area (TPSA) is 60.2 Å². The average Bonchev–Trinajstić information content (AvgIpc) is 2.42. The van der Waals surface area contributed by atoms with Crippen LogP contribution in [0.5, 0.6) is 5.75 Å². The van der Waals surface area contributed by atoms with Gasteiger partial charge in [0.2, 0.25) is 0 Å². The molecule has 2 rings (SSSR count). The number of pyridine rings is 1. The summed E-state index contributed by atoms with van der Waals surface area (Å²) in [5.74, 6) is 1.70. The second-order valence-electron chi connectivity index (χ2n) is 4.15. The van der Waals surface area contributed by atoms with Gasteiger partial charge in [-0.3, -0.25) is 0 Å². The molecular formula is C14H19N3O. The second kappa shape index (κ2) is 6.21. The Labute approximate surface area is 107 Å². The molecule has 0 unspecified atom stereocenters. The third-order valence-electron chi connectivity index (χ3n) is 2.84. The van der Waals surface area contributed by atoms with Gasteiger partial charge in [0.1, 0.15) is 11.6 Å². The molecule has 0 radical (unpaired) electrons. The molecule has 0 spiro atoms. The zero-order valence-corrected chi connectivity index (χ0v) is 10.6. The number of nitrogens with zero attached hydrogens (tertiary/aromatic N) is 1. The van der Waals surface area contributed by atoms with E-state index in [1.165, 1.54) is 0 Å². The van der Waals surface area contributed by atoms with Crippen LogP contribution in [0.2, 0.25) is 0 Å². The van der Waals surface area contributed by atoms with Gasteiger partial charge in [-0.1, -0.05) is 12.1 Å². The number of anilines is 1. The molecule has 0 aliphatic rings. The minimum Gasteiger partial charge on any atom is -0.496 e. The number of rotatable bonds is 6. The number of benzene rings is 1. The first-order chi connectivity index (χ1) is 8.85. The lowest BCUT2D eigenvalue weighted by atomic mass is 10.2. The van der Waals surface area contributed by atoms with Gasteiger partial charge in [0.15, 0.2) is 0 Å². The molecule has 0 saturated carbocycles. The number of nitrogens with one attached hydrogen (secondary N) is 1. The molecule has 4 nitrogen and oxygen atoms in total. The van der Waals surface area contributed by atoms with Crippen molar-refractivity contribution in [2.24, 2.45) is 5.73 Å². The lowest BCUT2D eigenvalue weighted by molar-refractivity contribution is 0.419. The Morgan fingerprint density at radius 2 is 2.11 bits per heavy atom. The highest BCUT2D eigenvalue weighted by Gasteiger charge is 2.04. The smallest absolute Gasteiger partial charge is 0.131 e. The van der Waals surface area contributed by atoms with Crippen molar-refractivity contribution in [3.8, 4) is 5.75 Å². The molecule has 18 heavy (non-hydrogen) atoms. The number of nitrogens with two attached hydrogens (primary N) is 1. The van der Waals surface area contributed by atoms with E-state index in [0.29, 0.717) is 0 Å². The van der Waals surface area contributed by atoms with Crippen molar-refractivity contribution < 1.29 is 4.74 Å². The van der Waals surface area contributed by atoms with Gasteiger partial charge in [-0.05, 0) is 31.5 Å². The minimum absolute atomic E-state index is 0.732. The van der Waals surface area contributed by atoms with Crippen LogP contribution in [-0.4, -0.2) is 25.2 Å². The summed E-state index contributed by atoms with van der Waals surface area (Å²) < 4.78 is 5.40. The number of ether oxygens (including phenoxy) is 1. The Morgan fingerprint density at radius 3 is 2.89 bits per heavy atom. The van der Waals surface area contributed by atoms with Crippen molar-refractivity contribution in [1.82, 2.24) is 4.98 Å². The van der Waals surface area contributed by atoms with E-state index >= 15 is 0 Å². The van der Waals surface area contributed by atoms with Gasteiger partial charge in [0.05, 0.1) is 12.6 Å². The van der Waals surface area contributed by atoms with E-state index in [1.54, 1.807) is 7.11 Å². The number of fused-ring (bicyclic) bond motifs is 1. The molecule has 0 saturated heterocycles. The van der Waals surface area contributed by atoms with E-state index in [9.17, 15) is 0 Å². The van der Waals surface area contributed by atoms with Crippen molar-refractivity contribution >= 4 is 16.7 Å². The number of hydrogen-bond donors (Lipinski definition) is 2. The third kappa shape index (κ3) is 2.90. The number of para-hydroxylation sites is 1. The van der Waals surface area contributed by atoms with Gasteiger partial charge in [0.25, 0.3) is 0 Å². The largest absolute Gasteiger partial charge is 0.496 e. The first-order valence-electron chi connectivity index (χ1n) is 6.23. The molecular weight excluding hydrogens is 226 g/mol. The van der Waals surface area contributed by atoms with Gasteiger partial charge in [-0.2, -0.15) is 0 Å². The molecule has 1 heterocycles. The Hall–Kier alpha value is -1.81. The molecule has 1 aromatic carbocycles. The van der Waals surface area contributed by atoms with Crippen LogP contribution in [0.4, 0.5) is 5.82 Å². The molecule has 1 aromatic heterocycles. The Bertz CT molecular complexity index is 513. The van der Waals surface area contributed by atoms with Crippen LogP contribution in [0.25, 0.3) is 10.9 Å². The first-order valence-corrected chi connectivity index (χ1v) is 6.23. The summed E-state index contributed by atoms with van der Waals surface area (Å²) >= 11 is 0. The predicted octanol–water partition coefficient (Wildman–Crippen LogP) is 2.39. The Balaban J connectivity index is 2.18. The van der Waals surface area contributed by atoms with Gasteiger partial charge < -0.3 is 15.8 Å². The lowest BCUT2D eigenvalue weighted by Crippen LogP contribution is -2.07. The molecule has 0 aliphatic carbocycles. The molecule has 2 aromatic rings. The molecule has 0 atom stereocenters. The minimum atomic E-state index is 0.732. The van der Waals surface area contributed by atoms with E-state index in [-0.39, 0.29) is 0 Å². The normalized spacial score (nSPS) is 10.6. The molecule has 0 bridgehead atoms. The van der Waals surface area contributed by atoms with E-state index in [2.05, 4.69) is 10.3 Å². The molecule has 3 N–H and O–H groups in total. The van der Waals surface area contributed by atoms with Crippen molar-refractivity contribution in [2.75, 3.05) is 25.5 Å². The predicted molar refractivity (Wildman–Crippen MR) is 75.1 cm³/mol. The van der Waals surface area contributed by atoms with Gasteiger partial charge >= 0.3 is 0 Å². The fraction of sp³-hybridized carbons (Fsp3) is 0.357. The van der Waals surface area contributed by atoms with Gasteiger partial charge in [-0.15, -0.1) is 0 Å². The van der Waals surface area contributed by atoms with Crippen LogP contribution >= 0.6 is 0 Å². The highest BCUT2D eigenvalue weighted by molar-refractivity contribution is 5.86. The summed E-state index contributed by atoms with van der Waals surface area (Å²) in [7, 11) is 1.68. The van der Waals surface area contributed by atoms with E-state index in [0.717, 1.165) is 48.4 Å². The SMILES string of the molecule is COc1cc(NCCCCN)nc2ccccc12. The van der Waals surface area contributed by atoms with Crippen LogP contribution in [0.1, 0.15) is 12.8 Å². The molecule has 0 fully saturated rings. The van der Waals surface area contributed by atoms with E-state index < -0.39 is 0 Å². The molecule has 0 amide bonds. The molecule has 0 aliphatic heterocycles. The first kappa shape index (κ1) is 12.6. The Kier molecular flexibility index (Phi) is 4.36.